The second-order valence-electron chi connectivity index (χ2n) is 19.0. The van der Waals surface area contributed by atoms with Gasteiger partial charge in [0.1, 0.15) is 54.9 Å². The van der Waals surface area contributed by atoms with Crippen molar-refractivity contribution in [3.8, 4) is 0 Å². The maximum Gasteiger partial charge on any atom is 0.306 e. The standard InChI is InChI=1S/C63H98O14/c1-3-5-7-9-11-13-15-17-19-21-23-25-26-27-28-30-32-34-36-38-40-42-44-46-55(65)75-52(49-72-47-45-43-41-39-37-35-33-31-29-24-22-20-18-16-14-12-10-8-6-4-2)50-73-62-61(71)59(69)57(67)54(77-62)51-74-63-60(70)58(68)56(66)53(48-64)76-63/h5-8,11-14,17-20,23-25,27-29,32-35,38,40,52-54,56-64,66-71H,3-4,9-10,15-16,21-22,26,30-31,36-37,39,41-51H2,1-2H3/b7-5-,8-6-,13-11-,14-12-,19-17-,20-18-,25-23-,28-27-,29-24-,34-32-,35-33-,40-38-. The average molecular weight is 1080 g/mol. The summed E-state index contributed by atoms with van der Waals surface area (Å²) in [6.07, 6.45) is 53.4. The lowest BCUT2D eigenvalue weighted by atomic mass is 9.98. The van der Waals surface area contributed by atoms with Crippen molar-refractivity contribution in [1.29, 1.82) is 0 Å². The van der Waals surface area contributed by atoms with E-state index in [1.54, 1.807) is 0 Å². The summed E-state index contributed by atoms with van der Waals surface area (Å²) in [4.78, 5) is 13.1. The maximum atomic E-state index is 13.1. The molecule has 0 saturated carbocycles. The first-order chi connectivity index (χ1) is 37.6. The Labute approximate surface area is 461 Å². The van der Waals surface area contributed by atoms with Crippen molar-refractivity contribution in [2.24, 2.45) is 0 Å². The summed E-state index contributed by atoms with van der Waals surface area (Å²) >= 11 is 0. The van der Waals surface area contributed by atoms with E-state index in [1.807, 2.05) is 6.08 Å². The van der Waals surface area contributed by atoms with Crippen LogP contribution in [0, 0.1) is 0 Å². The summed E-state index contributed by atoms with van der Waals surface area (Å²) in [5, 5.41) is 72.3. The van der Waals surface area contributed by atoms with Crippen LogP contribution >= 0.6 is 0 Å². The van der Waals surface area contributed by atoms with Crippen LogP contribution in [-0.4, -0.2) is 142 Å². The van der Waals surface area contributed by atoms with Crippen LogP contribution in [0.4, 0.5) is 0 Å². The third-order valence-corrected chi connectivity index (χ3v) is 12.3. The van der Waals surface area contributed by atoms with Gasteiger partial charge in [0.15, 0.2) is 12.6 Å². The van der Waals surface area contributed by atoms with Crippen molar-refractivity contribution in [1.82, 2.24) is 0 Å². The van der Waals surface area contributed by atoms with Crippen molar-refractivity contribution >= 4 is 5.97 Å². The van der Waals surface area contributed by atoms with Crippen LogP contribution < -0.4 is 0 Å². The highest BCUT2D eigenvalue weighted by molar-refractivity contribution is 5.69. The number of hydrogen-bond acceptors (Lipinski definition) is 14. The van der Waals surface area contributed by atoms with Gasteiger partial charge in [-0.25, -0.2) is 0 Å². The predicted octanol–water partition coefficient (Wildman–Crippen LogP) is 10.1. The molecule has 0 radical (unpaired) electrons. The molecule has 2 heterocycles. The lowest BCUT2D eigenvalue weighted by molar-refractivity contribution is -0.332. The molecule has 0 amide bonds. The number of carbonyl (C=O) groups is 1. The molecule has 2 saturated heterocycles. The Balaban J connectivity index is 1.79. The molecule has 0 bridgehead atoms. The number of carbonyl (C=O) groups excluding carboxylic acids is 1. The quantitative estimate of drug-likeness (QED) is 0.0172. The molecule has 434 valence electrons. The lowest BCUT2D eigenvalue weighted by Crippen LogP contribution is -2.61. The molecule has 2 aliphatic rings. The van der Waals surface area contributed by atoms with Gasteiger partial charge in [-0.15, -0.1) is 0 Å². The Bertz CT molecular complexity index is 1820. The maximum absolute atomic E-state index is 13.1. The normalized spacial score (nSPS) is 25.4. The predicted molar refractivity (Wildman–Crippen MR) is 306 cm³/mol. The fraction of sp³-hybridized carbons (Fsp3) is 0.603. The summed E-state index contributed by atoms with van der Waals surface area (Å²) in [7, 11) is 0. The fourth-order valence-electron chi connectivity index (χ4n) is 7.83. The van der Waals surface area contributed by atoms with Crippen molar-refractivity contribution in [2.45, 2.75) is 210 Å². The molecule has 14 heteroatoms. The SMILES string of the molecule is CC/C=C\C/C=C\C/C=C\C/C=C\C/C=C\C/C=C\C/C=C\CCCC(=O)OC(COCCCCCC/C=C\C/C=C\C/C=C\C/C=C\C/C=C\CC)COC1OC(COC2OC(CO)C(O)C(O)C2O)C(O)C(O)C1O. The molecule has 2 aliphatic heterocycles. The molecule has 11 unspecified atom stereocenters. The molecule has 77 heavy (non-hydrogen) atoms. The van der Waals surface area contributed by atoms with E-state index in [4.69, 9.17) is 28.4 Å². The van der Waals surface area contributed by atoms with E-state index in [-0.39, 0.29) is 19.6 Å². The molecule has 0 aromatic rings. The fourth-order valence-corrected chi connectivity index (χ4v) is 7.83. The molecular formula is C63H98O14. The number of aliphatic hydroxyl groups is 7. The number of unbranched alkanes of at least 4 members (excludes halogenated alkanes) is 5. The molecule has 0 aliphatic carbocycles. The zero-order valence-electron chi connectivity index (χ0n) is 46.4. The first-order valence-corrected chi connectivity index (χ1v) is 28.4. The minimum absolute atomic E-state index is 0.00920. The highest BCUT2D eigenvalue weighted by Gasteiger charge is 2.47. The molecule has 0 spiro atoms. The van der Waals surface area contributed by atoms with Gasteiger partial charge in [0.25, 0.3) is 0 Å². The number of esters is 1. The monoisotopic (exact) mass is 1080 g/mol. The van der Waals surface area contributed by atoms with Crippen LogP contribution in [-0.2, 0) is 33.2 Å². The largest absolute Gasteiger partial charge is 0.457 e. The number of hydrogen-bond donors (Lipinski definition) is 7. The molecule has 2 fully saturated rings. The Morgan fingerprint density at radius 3 is 1.25 bits per heavy atom. The summed E-state index contributed by atoms with van der Waals surface area (Å²) < 4.78 is 34.3. The van der Waals surface area contributed by atoms with Gasteiger partial charge in [-0.3, -0.25) is 4.79 Å². The minimum atomic E-state index is -1.73. The van der Waals surface area contributed by atoms with E-state index in [0.717, 1.165) is 109 Å². The van der Waals surface area contributed by atoms with Gasteiger partial charge < -0.3 is 64.2 Å². The van der Waals surface area contributed by atoms with Crippen LogP contribution in [0.15, 0.2) is 146 Å². The van der Waals surface area contributed by atoms with E-state index in [0.29, 0.717) is 19.4 Å². The average Bonchev–Trinajstić information content (AvgIpc) is 3.43. The lowest BCUT2D eigenvalue weighted by Gasteiger charge is -2.42. The van der Waals surface area contributed by atoms with E-state index >= 15 is 0 Å². The summed E-state index contributed by atoms with van der Waals surface area (Å²) in [6.45, 7) is 3.28. The van der Waals surface area contributed by atoms with E-state index in [2.05, 4.69) is 154 Å². The Hall–Kier alpha value is -4.13. The van der Waals surface area contributed by atoms with Gasteiger partial charge in [0, 0.05) is 13.0 Å². The van der Waals surface area contributed by atoms with Crippen LogP contribution in [0.1, 0.15) is 142 Å². The first kappa shape index (κ1) is 69.0. The first-order valence-electron chi connectivity index (χ1n) is 28.4. The zero-order valence-corrected chi connectivity index (χ0v) is 46.4. The smallest absolute Gasteiger partial charge is 0.306 e. The highest BCUT2D eigenvalue weighted by Crippen LogP contribution is 2.26. The molecular weight excluding hydrogens is 981 g/mol. The summed E-state index contributed by atoms with van der Waals surface area (Å²) in [5.74, 6) is -0.450. The number of allylic oxidation sites excluding steroid dienone is 24. The van der Waals surface area contributed by atoms with Gasteiger partial charge in [-0.05, 0) is 109 Å². The third-order valence-electron chi connectivity index (χ3n) is 12.3. The van der Waals surface area contributed by atoms with Gasteiger partial charge in [0.2, 0.25) is 0 Å². The number of rotatable bonds is 43. The van der Waals surface area contributed by atoms with Crippen molar-refractivity contribution in [3.63, 3.8) is 0 Å². The molecule has 0 aromatic heterocycles. The number of aliphatic hydroxyl groups excluding tert-OH is 7. The molecule has 2 rings (SSSR count). The van der Waals surface area contributed by atoms with Gasteiger partial charge >= 0.3 is 5.97 Å². The van der Waals surface area contributed by atoms with E-state index in [1.165, 1.54) is 0 Å². The third kappa shape index (κ3) is 34.5. The Morgan fingerprint density at radius 2 is 0.805 bits per heavy atom. The van der Waals surface area contributed by atoms with Crippen LogP contribution in [0.2, 0.25) is 0 Å². The van der Waals surface area contributed by atoms with Crippen molar-refractivity contribution in [3.05, 3.63) is 146 Å². The van der Waals surface area contributed by atoms with E-state index in [9.17, 15) is 40.5 Å². The molecule has 11 atom stereocenters. The van der Waals surface area contributed by atoms with E-state index < -0.39 is 86.7 Å². The van der Waals surface area contributed by atoms with Gasteiger partial charge in [-0.2, -0.15) is 0 Å². The van der Waals surface area contributed by atoms with Crippen LogP contribution in [0.5, 0.6) is 0 Å². The number of ether oxygens (including phenoxy) is 6. The van der Waals surface area contributed by atoms with Crippen molar-refractivity contribution in [2.75, 3.05) is 33.0 Å². The van der Waals surface area contributed by atoms with Gasteiger partial charge in [0.05, 0.1) is 26.4 Å². The molecule has 14 nitrogen and oxygen atoms in total. The summed E-state index contributed by atoms with van der Waals surface area (Å²) in [5.41, 5.74) is 0. The molecule has 0 aromatic carbocycles. The highest BCUT2D eigenvalue weighted by atomic mass is 16.7. The summed E-state index contributed by atoms with van der Waals surface area (Å²) in [6, 6.07) is 0. The minimum Gasteiger partial charge on any atom is -0.457 e. The zero-order chi connectivity index (χ0) is 55.8. The Morgan fingerprint density at radius 1 is 0.429 bits per heavy atom. The topological polar surface area (TPSA) is 214 Å². The second-order valence-corrected chi connectivity index (χ2v) is 19.0. The Kier molecular flexibility index (Phi) is 42.8. The second kappa shape index (κ2) is 47.8. The molecule has 7 N–H and O–H groups in total. The van der Waals surface area contributed by atoms with Gasteiger partial charge in [-0.1, -0.05) is 173 Å². The van der Waals surface area contributed by atoms with Crippen LogP contribution in [0.25, 0.3) is 0 Å². The van der Waals surface area contributed by atoms with Crippen molar-refractivity contribution < 1.29 is 69.0 Å². The van der Waals surface area contributed by atoms with Crippen LogP contribution in [0.3, 0.4) is 0 Å².